The van der Waals surface area contributed by atoms with Crippen molar-refractivity contribution in [2.75, 3.05) is 13.2 Å². The Kier molecular flexibility index (Phi) is 7.61. The first kappa shape index (κ1) is 25.5. The summed E-state index contributed by atoms with van der Waals surface area (Å²) in [5.74, 6) is -0.124. The molecule has 0 amide bonds. The molecule has 1 aliphatic heterocycles. The summed E-state index contributed by atoms with van der Waals surface area (Å²) in [5.41, 5.74) is -0.950. The number of nitrogens with zero attached hydrogens (tertiary/aromatic N) is 3. The predicted molar refractivity (Wildman–Crippen MR) is 121 cm³/mol. The topological polar surface area (TPSA) is 150 Å². The van der Waals surface area contributed by atoms with Crippen LogP contribution in [0.5, 0.6) is 0 Å². The molecule has 1 saturated heterocycles. The van der Waals surface area contributed by atoms with Crippen molar-refractivity contribution in [1.29, 1.82) is 0 Å². The predicted octanol–water partition coefficient (Wildman–Crippen LogP) is 0.138. The van der Waals surface area contributed by atoms with E-state index in [2.05, 4.69) is 10.1 Å². The number of hydrogen-bond acceptors (Lipinski definition) is 9. The summed E-state index contributed by atoms with van der Waals surface area (Å²) in [5, 5.41) is 56.8. The lowest BCUT2D eigenvalue weighted by molar-refractivity contribution is -0.310. The summed E-state index contributed by atoms with van der Waals surface area (Å²) >= 11 is 6.03. The van der Waals surface area contributed by atoms with Crippen LogP contribution in [-0.2, 0) is 22.4 Å². The minimum atomic E-state index is -1.53. The molecule has 4 rings (SSSR count). The maximum Gasteiger partial charge on any atom is 0.186 e. The summed E-state index contributed by atoms with van der Waals surface area (Å²) in [4.78, 5) is 3.99. The zero-order chi connectivity index (χ0) is 24.5. The smallest absolute Gasteiger partial charge is 0.186 e. The van der Waals surface area contributed by atoms with E-state index in [0.717, 1.165) is 12.0 Å². The lowest BCUT2D eigenvalue weighted by Crippen LogP contribution is -2.60. The molecule has 2 fully saturated rings. The Balaban J connectivity index is 1.54. The lowest BCUT2D eigenvalue weighted by Gasteiger charge is -2.45. The van der Waals surface area contributed by atoms with Crippen molar-refractivity contribution in [1.82, 2.24) is 14.8 Å². The fourth-order valence-electron chi connectivity index (χ4n) is 5.17. The Hall–Kier alpha value is -1.63. The van der Waals surface area contributed by atoms with E-state index >= 15 is 0 Å². The van der Waals surface area contributed by atoms with Crippen molar-refractivity contribution in [2.24, 2.45) is 11.3 Å². The molecule has 34 heavy (non-hydrogen) atoms. The van der Waals surface area contributed by atoms with Crippen LogP contribution in [0.15, 0.2) is 36.9 Å². The van der Waals surface area contributed by atoms with Crippen LogP contribution in [0.3, 0.4) is 0 Å². The van der Waals surface area contributed by atoms with Gasteiger partial charge < -0.3 is 35.0 Å². The van der Waals surface area contributed by atoms with Gasteiger partial charge in [0.2, 0.25) is 0 Å². The highest BCUT2D eigenvalue weighted by molar-refractivity contribution is 6.30. The van der Waals surface area contributed by atoms with E-state index in [1.54, 1.807) is 11.0 Å². The highest BCUT2D eigenvalue weighted by atomic mass is 35.5. The first-order valence-electron chi connectivity index (χ1n) is 11.4. The third kappa shape index (κ3) is 4.87. The van der Waals surface area contributed by atoms with Gasteiger partial charge in [-0.05, 0) is 42.9 Å². The van der Waals surface area contributed by atoms with Gasteiger partial charge in [0.15, 0.2) is 6.29 Å². The fraction of sp³-hybridized carbons (Fsp3) is 0.652. The first-order chi connectivity index (χ1) is 16.2. The number of ether oxygens (including phenoxy) is 2. The SMILES string of the molecule is CC1(CO[C@@H]2O[C@H](CO)[C@@H](O)[C@H](O)[C@H]2O)CC[C@H](Cc2ccc(Cl)cc2)[C@@]1(O)Cn1cncn1. The Morgan fingerprint density at radius 1 is 1.18 bits per heavy atom. The van der Waals surface area contributed by atoms with Crippen molar-refractivity contribution in [2.45, 2.75) is 69.0 Å². The van der Waals surface area contributed by atoms with Crippen LogP contribution in [0.2, 0.25) is 5.02 Å². The third-order valence-electron chi connectivity index (χ3n) is 7.44. The molecule has 11 heteroatoms. The van der Waals surface area contributed by atoms with Crippen LogP contribution >= 0.6 is 11.6 Å². The van der Waals surface area contributed by atoms with Crippen LogP contribution in [0, 0.1) is 11.3 Å². The molecule has 188 valence electrons. The van der Waals surface area contributed by atoms with Gasteiger partial charge in [0.05, 0.1) is 25.4 Å². The number of aliphatic hydroxyl groups is 5. The molecule has 5 N–H and O–H groups in total. The molecule has 8 atom stereocenters. The number of halogens is 1. The maximum absolute atomic E-state index is 12.1. The molecule has 2 aromatic rings. The van der Waals surface area contributed by atoms with Crippen LogP contribution in [0.25, 0.3) is 0 Å². The van der Waals surface area contributed by atoms with E-state index < -0.39 is 48.3 Å². The van der Waals surface area contributed by atoms with E-state index in [1.165, 1.54) is 6.33 Å². The second kappa shape index (κ2) is 10.2. The number of aromatic nitrogens is 3. The van der Waals surface area contributed by atoms with E-state index in [-0.39, 0.29) is 19.1 Å². The minimum absolute atomic E-state index is 0.0119. The molecule has 1 aromatic heterocycles. The molecular formula is C23H32ClN3O7. The summed E-state index contributed by atoms with van der Waals surface area (Å²) < 4.78 is 13.0. The normalized spacial score (nSPS) is 38.3. The second-order valence-electron chi connectivity index (χ2n) is 9.65. The summed E-state index contributed by atoms with van der Waals surface area (Å²) in [6.45, 7) is 1.58. The van der Waals surface area contributed by atoms with Crippen molar-refractivity contribution >= 4 is 11.6 Å². The van der Waals surface area contributed by atoms with Gasteiger partial charge in [-0.1, -0.05) is 30.7 Å². The minimum Gasteiger partial charge on any atom is -0.394 e. The van der Waals surface area contributed by atoms with Crippen LogP contribution in [0.4, 0.5) is 0 Å². The fourth-order valence-corrected chi connectivity index (χ4v) is 5.29. The summed E-state index contributed by atoms with van der Waals surface area (Å²) in [6.07, 6.45) is -1.88. The van der Waals surface area contributed by atoms with E-state index in [9.17, 15) is 25.5 Å². The van der Waals surface area contributed by atoms with E-state index in [4.69, 9.17) is 21.1 Å². The van der Waals surface area contributed by atoms with Gasteiger partial charge in [0, 0.05) is 10.4 Å². The largest absolute Gasteiger partial charge is 0.394 e. The average molecular weight is 498 g/mol. The Morgan fingerprint density at radius 3 is 2.56 bits per heavy atom. The summed E-state index contributed by atoms with van der Waals surface area (Å²) in [7, 11) is 0. The second-order valence-corrected chi connectivity index (χ2v) is 10.1. The van der Waals surface area contributed by atoms with Gasteiger partial charge in [-0.2, -0.15) is 5.10 Å². The molecule has 0 spiro atoms. The van der Waals surface area contributed by atoms with Crippen LogP contribution < -0.4 is 0 Å². The number of benzene rings is 1. The van der Waals surface area contributed by atoms with Crippen LogP contribution in [0.1, 0.15) is 25.3 Å². The number of aliphatic hydroxyl groups excluding tert-OH is 4. The molecule has 2 heterocycles. The zero-order valence-corrected chi connectivity index (χ0v) is 19.7. The van der Waals surface area contributed by atoms with Crippen molar-refractivity contribution in [3.8, 4) is 0 Å². The van der Waals surface area contributed by atoms with Gasteiger partial charge in [-0.3, -0.25) is 4.68 Å². The molecule has 2 aliphatic rings. The van der Waals surface area contributed by atoms with Crippen molar-refractivity contribution in [3.05, 3.63) is 47.5 Å². The van der Waals surface area contributed by atoms with E-state index in [0.29, 0.717) is 17.9 Å². The Labute approximate surface area is 202 Å². The average Bonchev–Trinajstić information content (AvgIpc) is 3.41. The standard InChI is InChI=1S/C23H32ClN3O7/c1-22(11-33-21-20(31)19(30)18(29)17(9-28)34-21)7-6-15(8-14-2-4-16(24)5-3-14)23(22,32)10-27-13-25-12-26-27/h2-5,12-13,15,17-21,28-32H,6-11H2,1H3/t15-,17-,18-,19+,20-,21-,22?,23+/m1/s1. The quantitative estimate of drug-likeness (QED) is 0.343. The van der Waals surface area contributed by atoms with Gasteiger partial charge >= 0.3 is 0 Å². The highest BCUT2D eigenvalue weighted by Gasteiger charge is 2.57. The lowest BCUT2D eigenvalue weighted by atomic mass is 9.71. The number of hydrogen-bond donors (Lipinski definition) is 5. The third-order valence-corrected chi connectivity index (χ3v) is 7.70. The van der Waals surface area contributed by atoms with Crippen molar-refractivity contribution < 1.29 is 35.0 Å². The maximum atomic E-state index is 12.1. The number of rotatable bonds is 8. The molecule has 1 unspecified atom stereocenters. The van der Waals surface area contributed by atoms with Crippen molar-refractivity contribution in [3.63, 3.8) is 0 Å². The van der Waals surface area contributed by atoms with Gasteiger partial charge in [-0.25, -0.2) is 4.98 Å². The Bertz CT molecular complexity index is 931. The van der Waals surface area contributed by atoms with Gasteiger partial charge in [0.25, 0.3) is 0 Å². The van der Waals surface area contributed by atoms with Crippen LogP contribution in [-0.4, -0.2) is 89.8 Å². The highest BCUT2D eigenvalue weighted by Crippen LogP contribution is 2.52. The zero-order valence-electron chi connectivity index (χ0n) is 18.9. The molecule has 0 radical (unpaired) electrons. The molecule has 1 saturated carbocycles. The molecule has 10 nitrogen and oxygen atoms in total. The van der Waals surface area contributed by atoms with E-state index in [1.807, 2.05) is 31.2 Å². The first-order valence-corrected chi connectivity index (χ1v) is 11.8. The molecule has 0 bridgehead atoms. The molecule has 1 aromatic carbocycles. The monoisotopic (exact) mass is 497 g/mol. The molecular weight excluding hydrogens is 466 g/mol. The summed E-state index contributed by atoms with van der Waals surface area (Å²) in [6, 6.07) is 7.53. The molecule has 1 aliphatic carbocycles. The van der Waals surface area contributed by atoms with Gasteiger partial charge in [-0.15, -0.1) is 0 Å². The van der Waals surface area contributed by atoms with Gasteiger partial charge in [0.1, 0.15) is 37.1 Å². The Morgan fingerprint density at radius 2 is 1.91 bits per heavy atom.